The summed E-state index contributed by atoms with van der Waals surface area (Å²) in [6.07, 6.45) is 4.62. The number of hydrogen-bond donors (Lipinski definition) is 1. The average Bonchev–Trinajstić information content (AvgIpc) is 2.83. The predicted octanol–water partition coefficient (Wildman–Crippen LogP) is 2.65. The van der Waals surface area contributed by atoms with Crippen molar-refractivity contribution in [1.29, 1.82) is 0 Å². The van der Waals surface area contributed by atoms with Crippen LogP contribution in [0.25, 0.3) is 0 Å². The van der Waals surface area contributed by atoms with Gasteiger partial charge in [0.15, 0.2) is 0 Å². The lowest BCUT2D eigenvalue weighted by Crippen LogP contribution is -2.34. The molecule has 29 heavy (non-hydrogen) atoms. The van der Waals surface area contributed by atoms with Crippen molar-refractivity contribution in [3.63, 3.8) is 0 Å². The van der Waals surface area contributed by atoms with E-state index in [2.05, 4.69) is 0 Å². The largest absolute Gasteiger partial charge is 0.472 e. The highest BCUT2D eigenvalue weighted by Gasteiger charge is 2.20. The molecule has 0 aromatic heterocycles. The Kier molecular flexibility index (Phi) is 9.40. The normalized spacial score (nSPS) is 21.7. The van der Waals surface area contributed by atoms with E-state index in [-0.39, 0.29) is 6.61 Å². The van der Waals surface area contributed by atoms with Gasteiger partial charge in [-0.05, 0) is 37.3 Å². The van der Waals surface area contributed by atoms with E-state index in [1.807, 2.05) is 43.3 Å². The molecule has 0 bridgehead atoms. The highest BCUT2D eigenvalue weighted by atomic mass is 16.7. The number of nitrogens with two attached hydrogens (primary N) is 1. The molecule has 2 rings (SSSR count). The summed E-state index contributed by atoms with van der Waals surface area (Å²) in [7, 11) is 1.33. The zero-order valence-electron chi connectivity index (χ0n) is 17.0. The van der Waals surface area contributed by atoms with Crippen LogP contribution in [-0.4, -0.2) is 44.6 Å². The molecule has 0 amide bonds. The minimum Gasteiger partial charge on any atom is -0.472 e. The molecule has 7 nitrogen and oxygen atoms in total. The molecule has 0 fully saturated rings. The first-order valence-electron chi connectivity index (χ1n) is 9.72. The number of carbonyl (C=O) groups excluding carboxylic acids is 2. The van der Waals surface area contributed by atoms with Crippen LogP contribution in [0.5, 0.6) is 0 Å². The van der Waals surface area contributed by atoms with Gasteiger partial charge >= 0.3 is 11.9 Å². The molecule has 158 valence electrons. The second kappa shape index (κ2) is 12.0. The van der Waals surface area contributed by atoms with Gasteiger partial charge in [0.1, 0.15) is 12.6 Å². The Morgan fingerprint density at radius 1 is 1.28 bits per heavy atom. The van der Waals surface area contributed by atoms with E-state index < -0.39 is 24.3 Å². The second-order valence-electron chi connectivity index (χ2n) is 6.66. The van der Waals surface area contributed by atoms with Crippen LogP contribution in [0.3, 0.4) is 0 Å². The fourth-order valence-corrected chi connectivity index (χ4v) is 2.90. The van der Waals surface area contributed by atoms with Crippen molar-refractivity contribution in [1.82, 2.24) is 0 Å². The number of methoxy groups -OCH3 is 1. The van der Waals surface area contributed by atoms with Crippen LogP contribution in [0.2, 0.25) is 0 Å². The fraction of sp³-hybridized carbons (Fsp3) is 0.455. The van der Waals surface area contributed by atoms with Gasteiger partial charge in [-0.2, -0.15) is 0 Å². The molecule has 1 aromatic carbocycles. The Morgan fingerprint density at radius 2 is 2.03 bits per heavy atom. The van der Waals surface area contributed by atoms with E-state index in [0.29, 0.717) is 37.9 Å². The summed E-state index contributed by atoms with van der Waals surface area (Å²) in [4.78, 5) is 24.1. The maximum absolute atomic E-state index is 12.3. The van der Waals surface area contributed by atoms with Crippen molar-refractivity contribution in [2.45, 2.75) is 44.9 Å². The lowest BCUT2D eigenvalue weighted by molar-refractivity contribution is -0.145. The van der Waals surface area contributed by atoms with Crippen LogP contribution in [0.4, 0.5) is 0 Å². The van der Waals surface area contributed by atoms with Crippen molar-refractivity contribution < 1.29 is 28.5 Å². The zero-order chi connectivity index (χ0) is 21.1. The number of hydrogen-bond acceptors (Lipinski definition) is 7. The van der Waals surface area contributed by atoms with Crippen LogP contribution in [0.15, 0.2) is 53.8 Å². The average molecular weight is 403 g/mol. The zero-order valence-corrected chi connectivity index (χ0v) is 17.0. The summed E-state index contributed by atoms with van der Waals surface area (Å²) in [6.45, 7) is 2.40. The Morgan fingerprint density at radius 3 is 2.72 bits per heavy atom. The fourth-order valence-electron chi connectivity index (χ4n) is 2.90. The van der Waals surface area contributed by atoms with Crippen molar-refractivity contribution in [3.05, 3.63) is 59.4 Å². The van der Waals surface area contributed by atoms with Crippen LogP contribution in [0.1, 0.15) is 31.7 Å². The third-order valence-corrected chi connectivity index (χ3v) is 4.44. The molecule has 2 atom stereocenters. The van der Waals surface area contributed by atoms with E-state index in [1.165, 1.54) is 13.4 Å². The minimum absolute atomic E-state index is 0.0990. The summed E-state index contributed by atoms with van der Waals surface area (Å²) in [6, 6.07) is 8.82. The molecule has 1 aliphatic rings. The van der Waals surface area contributed by atoms with E-state index in [1.54, 1.807) is 0 Å². The minimum atomic E-state index is -0.735. The molecule has 0 spiro atoms. The molecule has 0 saturated carbocycles. The quantitative estimate of drug-likeness (QED) is 0.526. The number of benzene rings is 1. The van der Waals surface area contributed by atoms with Gasteiger partial charge in [0, 0.05) is 13.0 Å². The molecule has 1 aromatic rings. The maximum atomic E-state index is 12.3. The Balaban J connectivity index is 1.95. The molecule has 0 unspecified atom stereocenters. The van der Waals surface area contributed by atoms with Gasteiger partial charge in [0.25, 0.3) is 0 Å². The van der Waals surface area contributed by atoms with Gasteiger partial charge in [-0.15, -0.1) is 0 Å². The standard InChI is InChI=1S/C22H29NO6/c1-3-27-20-13-17(10-7-11-18(15-28-20)21(24)26-2)14-29-22(25)19(23)12-16-8-5-4-6-9-16/h4-6,8-10,15,19-20H,3,7,11-14,23H2,1-2H3/b17-10+,18-15+/t19-,20+/m0/s1. The number of ether oxygens (including phenoxy) is 4. The predicted molar refractivity (Wildman–Crippen MR) is 108 cm³/mol. The molecule has 0 saturated heterocycles. The maximum Gasteiger partial charge on any atom is 0.336 e. The van der Waals surface area contributed by atoms with Crippen LogP contribution in [-0.2, 0) is 35.0 Å². The van der Waals surface area contributed by atoms with Gasteiger partial charge < -0.3 is 24.7 Å². The molecule has 1 aliphatic heterocycles. The first-order valence-corrected chi connectivity index (χ1v) is 9.72. The third kappa shape index (κ3) is 7.71. The number of carbonyl (C=O) groups is 2. The molecule has 7 heteroatoms. The van der Waals surface area contributed by atoms with Gasteiger partial charge in [0.05, 0.1) is 18.9 Å². The Bertz CT molecular complexity index is 728. The van der Waals surface area contributed by atoms with Crippen molar-refractivity contribution in [3.8, 4) is 0 Å². The van der Waals surface area contributed by atoms with Gasteiger partial charge in [0.2, 0.25) is 6.29 Å². The van der Waals surface area contributed by atoms with Crippen molar-refractivity contribution in [2.75, 3.05) is 20.3 Å². The first-order chi connectivity index (χ1) is 14.0. The summed E-state index contributed by atoms with van der Waals surface area (Å²) in [5, 5.41) is 0. The smallest absolute Gasteiger partial charge is 0.336 e. The van der Waals surface area contributed by atoms with Crippen LogP contribution in [0, 0.1) is 0 Å². The van der Waals surface area contributed by atoms with Gasteiger partial charge in [-0.25, -0.2) is 4.79 Å². The molecule has 1 heterocycles. The van der Waals surface area contributed by atoms with Gasteiger partial charge in [-0.3, -0.25) is 4.79 Å². The molecular formula is C22H29NO6. The van der Waals surface area contributed by atoms with E-state index in [4.69, 9.17) is 24.7 Å². The first kappa shape index (κ1) is 22.6. The second-order valence-corrected chi connectivity index (χ2v) is 6.66. The molecule has 0 radical (unpaired) electrons. The van der Waals surface area contributed by atoms with Crippen LogP contribution >= 0.6 is 0 Å². The molecular weight excluding hydrogens is 374 g/mol. The Hall–Kier alpha value is -2.64. The summed E-state index contributed by atoms with van der Waals surface area (Å²) < 4.78 is 21.4. The van der Waals surface area contributed by atoms with Crippen LogP contribution < -0.4 is 5.73 Å². The number of esters is 2. The summed E-state index contributed by atoms with van der Waals surface area (Å²) >= 11 is 0. The van der Waals surface area contributed by atoms with Crippen molar-refractivity contribution >= 4 is 11.9 Å². The van der Waals surface area contributed by atoms with Gasteiger partial charge in [-0.1, -0.05) is 36.4 Å². The topological polar surface area (TPSA) is 97.1 Å². The highest BCUT2D eigenvalue weighted by Crippen LogP contribution is 2.19. The lowest BCUT2D eigenvalue weighted by Gasteiger charge is -2.19. The number of allylic oxidation sites excluding steroid dienone is 1. The van der Waals surface area contributed by atoms with E-state index in [0.717, 1.165) is 11.1 Å². The molecule has 2 N–H and O–H groups in total. The van der Waals surface area contributed by atoms with E-state index >= 15 is 0 Å². The SMILES string of the molecule is CCO[C@H]1C/C(COC(=O)[C@@H](N)Cc2ccccc2)=C\CC/C(C(=O)OC)=C\O1. The summed E-state index contributed by atoms with van der Waals surface area (Å²) in [5.41, 5.74) is 8.24. The number of rotatable bonds is 8. The van der Waals surface area contributed by atoms with E-state index in [9.17, 15) is 9.59 Å². The summed E-state index contributed by atoms with van der Waals surface area (Å²) in [5.74, 6) is -0.896. The molecule has 0 aliphatic carbocycles. The lowest BCUT2D eigenvalue weighted by atomic mass is 10.1. The highest BCUT2D eigenvalue weighted by molar-refractivity contribution is 5.88. The Labute approximate surface area is 171 Å². The van der Waals surface area contributed by atoms with Crippen molar-refractivity contribution in [2.24, 2.45) is 5.73 Å². The monoisotopic (exact) mass is 403 g/mol. The third-order valence-electron chi connectivity index (χ3n) is 4.44.